The Bertz CT molecular complexity index is 487. The maximum absolute atomic E-state index is 11.8. The van der Waals surface area contributed by atoms with Crippen LogP contribution in [0.4, 0.5) is 0 Å². The van der Waals surface area contributed by atoms with Crippen molar-refractivity contribution < 1.29 is 9.59 Å². The normalized spacial score (nSPS) is 19.3. The Morgan fingerprint density at radius 1 is 1.53 bits per heavy atom. The van der Waals surface area contributed by atoms with Gasteiger partial charge in [0.2, 0.25) is 11.8 Å². The van der Waals surface area contributed by atoms with Gasteiger partial charge in [-0.05, 0) is 19.4 Å². The maximum atomic E-state index is 11.8. The lowest BCUT2D eigenvalue weighted by Gasteiger charge is -2.19. The highest BCUT2D eigenvalue weighted by Crippen LogP contribution is 2.08. The number of nitrogens with one attached hydrogen (secondary N) is 2. The predicted molar refractivity (Wildman–Crippen MR) is 72.0 cm³/mol. The van der Waals surface area contributed by atoms with Crippen molar-refractivity contribution in [3.8, 4) is 0 Å². The molecule has 0 radical (unpaired) electrons. The van der Waals surface area contributed by atoms with Crippen LogP contribution >= 0.6 is 0 Å². The lowest BCUT2D eigenvalue weighted by Crippen LogP contribution is -2.44. The predicted octanol–water partition coefficient (Wildman–Crippen LogP) is 0.737. The minimum Gasteiger partial charge on any atom is -0.351 e. The molecule has 1 aliphatic rings. The molecule has 5 nitrogen and oxygen atoms in total. The van der Waals surface area contributed by atoms with Crippen LogP contribution in [0.1, 0.15) is 24.5 Å². The molecule has 2 rings (SSSR count). The highest BCUT2D eigenvalue weighted by atomic mass is 16.2. The molecule has 1 saturated heterocycles. The highest BCUT2D eigenvalue weighted by Gasteiger charge is 2.27. The number of hydrogen-bond acceptors (Lipinski definition) is 3. The number of amides is 2. The monoisotopic (exact) mass is 261 g/mol. The van der Waals surface area contributed by atoms with Crippen LogP contribution < -0.4 is 10.7 Å². The van der Waals surface area contributed by atoms with Crippen LogP contribution in [-0.2, 0) is 16.1 Å². The molecular weight excluding hydrogens is 242 g/mol. The van der Waals surface area contributed by atoms with Gasteiger partial charge >= 0.3 is 0 Å². The largest absolute Gasteiger partial charge is 0.351 e. The first-order chi connectivity index (χ1) is 9.04. The fraction of sp³-hybridized carbons (Fsp3) is 0.429. The topological polar surface area (TPSA) is 61.4 Å². The summed E-state index contributed by atoms with van der Waals surface area (Å²) in [5.74, 6) is -0.116. The number of aryl methyl sites for hydroxylation is 1. The molecule has 2 N–H and O–H groups in total. The molecule has 1 fully saturated rings. The third kappa shape index (κ3) is 3.79. The molecule has 1 atom stereocenters. The van der Waals surface area contributed by atoms with E-state index in [1.54, 1.807) is 5.01 Å². The second kappa shape index (κ2) is 5.84. The van der Waals surface area contributed by atoms with Crippen LogP contribution in [0.3, 0.4) is 0 Å². The Morgan fingerprint density at radius 2 is 2.32 bits per heavy atom. The van der Waals surface area contributed by atoms with Gasteiger partial charge in [-0.15, -0.1) is 0 Å². The molecular formula is C14H19N3O2. The summed E-state index contributed by atoms with van der Waals surface area (Å²) < 4.78 is 0. The number of carbonyl (C=O) groups is 2. The van der Waals surface area contributed by atoms with Crippen LogP contribution in [0, 0.1) is 6.92 Å². The first-order valence-electron chi connectivity index (χ1n) is 6.43. The molecule has 5 heteroatoms. The molecule has 1 unspecified atom stereocenters. The summed E-state index contributed by atoms with van der Waals surface area (Å²) in [4.78, 5) is 23.0. The van der Waals surface area contributed by atoms with E-state index in [1.807, 2.05) is 38.1 Å². The first-order valence-corrected chi connectivity index (χ1v) is 6.43. The zero-order chi connectivity index (χ0) is 13.8. The zero-order valence-corrected chi connectivity index (χ0v) is 11.3. The van der Waals surface area contributed by atoms with E-state index in [0.717, 1.165) is 5.56 Å². The van der Waals surface area contributed by atoms with Crippen molar-refractivity contribution in [2.45, 2.75) is 32.9 Å². The van der Waals surface area contributed by atoms with Gasteiger partial charge in [-0.3, -0.25) is 15.0 Å². The number of hydrazine groups is 1. The molecule has 0 bridgehead atoms. The minimum absolute atomic E-state index is 0.0287. The average Bonchev–Trinajstić information content (AvgIpc) is 2.65. The molecule has 1 heterocycles. The van der Waals surface area contributed by atoms with Crippen molar-refractivity contribution in [3.63, 3.8) is 0 Å². The van der Waals surface area contributed by atoms with E-state index in [4.69, 9.17) is 0 Å². The fourth-order valence-corrected chi connectivity index (χ4v) is 2.12. The van der Waals surface area contributed by atoms with Crippen molar-refractivity contribution in [1.82, 2.24) is 15.8 Å². The molecule has 1 aliphatic heterocycles. The Balaban J connectivity index is 1.80. The van der Waals surface area contributed by atoms with Gasteiger partial charge in [0.25, 0.3) is 0 Å². The average molecular weight is 261 g/mol. The van der Waals surface area contributed by atoms with Gasteiger partial charge in [-0.1, -0.05) is 29.8 Å². The third-order valence-electron chi connectivity index (χ3n) is 3.17. The standard InChI is InChI=1S/C14H19N3O2/c1-10-4-3-5-12(6-10)8-15-14(19)9-17-11(2)7-13(18)16-17/h3-6,11H,7-9H2,1-2H3,(H,15,19)(H,16,18). The summed E-state index contributed by atoms with van der Waals surface area (Å²) >= 11 is 0. The number of nitrogens with zero attached hydrogens (tertiary/aromatic N) is 1. The second-order valence-corrected chi connectivity index (χ2v) is 4.98. The van der Waals surface area contributed by atoms with E-state index in [2.05, 4.69) is 10.7 Å². The van der Waals surface area contributed by atoms with Crippen molar-refractivity contribution in [3.05, 3.63) is 35.4 Å². The van der Waals surface area contributed by atoms with E-state index in [0.29, 0.717) is 13.0 Å². The molecule has 1 aromatic carbocycles. The molecule has 0 saturated carbocycles. The van der Waals surface area contributed by atoms with Gasteiger partial charge in [0.15, 0.2) is 0 Å². The molecule has 0 aromatic heterocycles. The summed E-state index contributed by atoms with van der Waals surface area (Å²) in [6.45, 7) is 4.65. The molecule has 0 aliphatic carbocycles. The third-order valence-corrected chi connectivity index (χ3v) is 3.17. The van der Waals surface area contributed by atoms with Crippen LogP contribution in [0.15, 0.2) is 24.3 Å². The van der Waals surface area contributed by atoms with Crippen molar-refractivity contribution in [2.75, 3.05) is 6.54 Å². The van der Waals surface area contributed by atoms with E-state index in [-0.39, 0.29) is 24.4 Å². The summed E-state index contributed by atoms with van der Waals surface area (Å²) in [7, 11) is 0. The van der Waals surface area contributed by atoms with Crippen LogP contribution in [-0.4, -0.2) is 29.4 Å². The number of hydrogen-bond donors (Lipinski definition) is 2. The molecule has 1 aromatic rings. The SMILES string of the molecule is Cc1cccc(CNC(=O)CN2NC(=O)CC2C)c1. The van der Waals surface area contributed by atoms with Crippen molar-refractivity contribution >= 4 is 11.8 Å². The zero-order valence-electron chi connectivity index (χ0n) is 11.3. The molecule has 19 heavy (non-hydrogen) atoms. The van der Waals surface area contributed by atoms with Gasteiger partial charge < -0.3 is 5.32 Å². The van der Waals surface area contributed by atoms with Gasteiger partial charge in [0.05, 0.1) is 6.54 Å². The highest BCUT2D eigenvalue weighted by molar-refractivity contribution is 5.81. The summed E-state index contributed by atoms with van der Waals surface area (Å²) in [6, 6.07) is 8.08. The van der Waals surface area contributed by atoms with E-state index < -0.39 is 0 Å². The summed E-state index contributed by atoms with van der Waals surface area (Å²) in [6.07, 6.45) is 0.450. The quantitative estimate of drug-likeness (QED) is 0.840. The van der Waals surface area contributed by atoms with Gasteiger partial charge in [0.1, 0.15) is 0 Å². The minimum atomic E-state index is -0.0874. The van der Waals surface area contributed by atoms with E-state index in [9.17, 15) is 9.59 Å². The van der Waals surface area contributed by atoms with E-state index >= 15 is 0 Å². The van der Waals surface area contributed by atoms with Gasteiger partial charge in [-0.2, -0.15) is 0 Å². The lowest BCUT2D eigenvalue weighted by molar-refractivity contribution is -0.124. The van der Waals surface area contributed by atoms with Crippen molar-refractivity contribution in [2.24, 2.45) is 0 Å². The number of rotatable bonds is 4. The number of benzene rings is 1. The lowest BCUT2D eigenvalue weighted by atomic mass is 10.1. The van der Waals surface area contributed by atoms with Crippen LogP contribution in [0.5, 0.6) is 0 Å². The Hall–Kier alpha value is -1.88. The van der Waals surface area contributed by atoms with Crippen molar-refractivity contribution in [1.29, 1.82) is 0 Å². The van der Waals surface area contributed by atoms with Crippen LogP contribution in [0.2, 0.25) is 0 Å². The van der Waals surface area contributed by atoms with Crippen LogP contribution in [0.25, 0.3) is 0 Å². The summed E-state index contributed by atoms with van der Waals surface area (Å²) in [5, 5.41) is 4.53. The first kappa shape index (κ1) is 13.5. The second-order valence-electron chi connectivity index (χ2n) is 4.98. The Labute approximate surface area is 112 Å². The Morgan fingerprint density at radius 3 is 2.95 bits per heavy atom. The fourth-order valence-electron chi connectivity index (χ4n) is 2.12. The van der Waals surface area contributed by atoms with Gasteiger partial charge in [-0.25, -0.2) is 5.01 Å². The Kier molecular flexibility index (Phi) is 4.16. The summed E-state index contributed by atoms with van der Waals surface area (Å²) in [5.41, 5.74) is 4.92. The molecule has 2 amide bonds. The smallest absolute Gasteiger partial charge is 0.236 e. The number of carbonyl (C=O) groups excluding carboxylic acids is 2. The maximum Gasteiger partial charge on any atom is 0.236 e. The van der Waals surface area contributed by atoms with Gasteiger partial charge in [0, 0.05) is 19.0 Å². The molecule has 0 spiro atoms. The molecule has 102 valence electrons. The van der Waals surface area contributed by atoms with E-state index in [1.165, 1.54) is 5.56 Å².